The van der Waals surface area contributed by atoms with Crippen LogP contribution in [0.5, 0.6) is 5.75 Å². The van der Waals surface area contributed by atoms with Crippen molar-refractivity contribution in [3.63, 3.8) is 0 Å². The predicted molar refractivity (Wildman–Crippen MR) is 92.5 cm³/mol. The number of ether oxygens (including phenoxy) is 1. The molecule has 0 unspecified atom stereocenters. The molecule has 2 amide bonds. The normalized spacial score (nSPS) is 14.2. The maximum absolute atomic E-state index is 11.9. The van der Waals surface area contributed by atoms with Gasteiger partial charge in [-0.1, -0.05) is 6.07 Å². The van der Waals surface area contributed by atoms with Crippen molar-refractivity contribution in [2.45, 2.75) is 32.1 Å². The highest BCUT2D eigenvalue weighted by molar-refractivity contribution is 9.10. The second-order valence-corrected chi connectivity index (χ2v) is 6.51. The molecule has 0 atom stereocenters. The summed E-state index contributed by atoms with van der Waals surface area (Å²) in [6.45, 7) is 2.22. The minimum atomic E-state index is 0.0460. The number of hydrogen-bond acceptors (Lipinski definition) is 3. The Labute approximate surface area is 145 Å². The summed E-state index contributed by atoms with van der Waals surface area (Å²) in [5.74, 6) is 1.07. The van der Waals surface area contributed by atoms with Crippen LogP contribution in [0.25, 0.3) is 0 Å². The van der Waals surface area contributed by atoms with Crippen molar-refractivity contribution in [3.05, 3.63) is 28.2 Å². The lowest BCUT2D eigenvalue weighted by molar-refractivity contribution is -0.127. The third-order valence-corrected chi connectivity index (χ3v) is 4.58. The SMILES string of the molecule is COc1ccc(CCC(=O)NCCCN2CCCC2=O)cc1Br. The fourth-order valence-electron chi connectivity index (χ4n) is 2.65. The number of halogens is 1. The molecule has 0 aliphatic carbocycles. The number of hydrogen-bond donors (Lipinski definition) is 1. The number of likely N-dealkylation sites (tertiary alicyclic amines) is 1. The summed E-state index contributed by atoms with van der Waals surface area (Å²) in [7, 11) is 1.63. The van der Waals surface area contributed by atoms with Crippen molar-refractivity contribution < 1.29 is 14.3 Å². The van der Waals surface area contributed by atoms with Gasteiger partial charge >= 0.3 is 0 Å². The molecule has 1 saturated heterocycles. The molecule has 0 saturated carbocycles. The van der Waals surface area contributed by atoms with E-state index in [1.807, 2.05) is 23.1 Å². The van der Waals surface area contributed by atoms with E-state index in [0.29, 0.717) is 25.8 Å². The van der Waals surface area contributed by atoms with Gasteiger partial charge in [0.1, 0.15) is 5.75 Å². The third kappa shape index (κ3) is 5.53. The molecule has 1 N–H and O–H groups in total. The smallest absolute Gasteiger partial charge is 0.222 e. The second kappa shape index (κ2) is 8.91. The predicted octanol–water partition coefficient (Wildman–Crippen LogP) is 2.52. The zero-order chi connectivity index (χ0) is 16.7. The first-order valence-corrected chi connectivity index (χ1v) is 8.76. The summed E-state index contributed by atoms with van der Waals surface area (Å²) in [6, 6.07) is 5.84. The Morgan fingerprint density at radius 2 is 2.26 bits per heavy atom. The van der Waals surface area contributed by atoms with E-state index in [4.69, 9.17) is 4.74 Å². The van der Waals surface area contributed by atoms with Gasteiger partial charge in [-0.05, 0) is 52.9 Å². The van der Waals surface area contributed by atoms with Gasteiger partial charge < -0.3 is 15.0 Å². The average molecular weight is 383 g/mol. The van der Waals surface area contributed by atoms with Gasteiger partial charge in [-0.2, -0.15) is 0 Å². The van der Waals surface area contributed by atoms with E-state index in [2.05, 4.69) is 21.2 Å². The van der Waals surface area contributed by atoms with Crippen molar-refractivity contribution in [2.75, 3.05) is 26.7 Å². The number of aryl methyl sites for hydroxylation is 1. The van der Waals surface area contributed by atoms with Gasteiger partial charge in [-0.15, -0.1) is 0 Å². The quantitative estimate of drug-likeness (QED) is 0.702. The molecule has 5 nitrogen and oxygen atoms in total. The Balaban J connectivity index is 1.63. The van der Waals surface area contributed by atoms with Crippen molar-refractivity contribution in [1.29, 1.82) is 0 Å². The fraction of sp³-hybridized carbons (Fsp3) is 0.529. The molecule has 126 valence electrons. The molecule has 2 rings (SSSR count). The van der Waals surface area contributed by atoms with E-state index in [9.17, 15) is 9.59 Å². The van der Waals surface area contributed by atoms with Crippen LogP contribution in [0.1, 0.15) is 31.2 Å². The molecule has 0 spiro atoms. The Morgan fingerprint density at radius 1 is 1.43 bits per heavy atom. The lowest BCUT2D eigenvalue weighted by Crippen LogP contribution is -2.30. The third-order valence-electron chi connectivity index (χ3n) is 3.96. The van der Waals surface area contributed by atoms with Gasteiger partial charge in [0.05, 0.1) is 11.6 Å². The lowest BCUT2D eigenvalue weighted by Gasteiger charge is -2.15. The van der Waals surface area contributed by atoms with E-state index in [0.717, 1.165) is 41.7 Å². The van der Waals surface area contributed by atoms with Crippen molar-refractivity contribution >= 4 is 27.7 Å². The van der Waals surface area contributed by atoms with Crippen LogP contribution in [0.4, 0.5) is 0 Å². The average Bonchev–Trinajstić information content (AvgIpc) is 2.95. The Kier molecular flexibility index (Phi) is 6.89. The first kappa shape index (κ1) is 17.8. The van der Waals surface area contributed by atoms with Crippen LogP contribution in [0.2, 0.25) is 0 Å². The number of nitrogens with one attached hydrogen (secondary N) is 1. The lowest BCUT2D eigenvalue weighted by atomic mass is 10.1. The number of carbonyl (C=O) groups is 2. The summed E-state index contributed by atoms with van der Waals surface area (Å²) in [4.78, 5) is 25.2. The van der Waals surface area contributed by atoms with Gasteiger partial charge in [-0.25, -0.2) is 0 Å². The minimum absolute atomic E-state index is 0.0460. The highest BCUT2D eigenvalue weighted by Crippen LogP contribution is 2.25. The molecule has 1 aliphatic rings. The summed E-state index contributed by atoms with van der Waals surface area (Å²) >= 11 is 3.44. The highest BCUT2D eigenvalue weighted by Gasteiger charge is 2.18. The van der Waals surface area contributed by atoms with Crippen molar-refractivity contribution in [1.82, 2.24) is 10.2 Å². The van der Waals surface area contributed by atoms with E-state index < -0.39 is 0 Å². The van der Waals surface area contributed by atoms with Crippen LogP contribution in [-0.4, -0.2) is 43.5 Å². The number of amides is 2. The molecule has 0 radical (unpaired) electrons. The molecule has 0 bridgehead atoms. The first-order valence-electron chi connectivity index (χ1n) is 7.97. The summed E-state index contributed by atoms with van der Waals surface area (Å²) in [6.07, 6.45) is 3.60. The van der Waals surface area contributed by atoms with Crippen LogP contribution in [0.15, 0.2) is 22.7 Å². The van der Waals surface area contributed by atoms with E-state index in [1.165, 1.54) is 0 Å². The summed E-state index contributed by atoms with van der Waals surface area (Å²) in [5, 5.41) is 2.92. The topological polar surface area (TPSA) is 58.6 Å². The molecule has 1 aromatic carbocycles. The Hall–Kier alpha value is -1.56. The highest BCUT2D eigenvalue weighted by atomic mass is 79.9. The molecule has 0 aromatic heterocycles. The number of rotatable bonds is 8. The van der Waals surface area contributed by atoms with Crippen LogP contribution in [0.3, 0.4) is 0 Å². The van der Waals surface area contributed by atoms with Gasteiger partial charge in [0.15, 0.2) is 0 Å². The maximum atomic E-state index is 11.9. The van der Waals surface area contributed by atoms with Gasteiger partial charge in [0.25, 0.3) is 0 Å². The van der Waals surface area contributed by atoms with Crippen molar-refractivity contribution in [3.8, 4) is 5.75 Å². The van der Waals surface area contributed by atoms with E-state index in [1.54, 1.807) is 7.11 Å². The number of nitrogens with zero attached hydrogens (tertiary/aromatic N) is 1. The zero-order valence-corrected chi connectivity index (χ0v) is 15.0. The molecule has 6 heteroatoms. The number of methoxy groups -OCH3 is 1. The first-order chi connectivity index (χ1) is 11.1. The number of carbonyl (C=O) groups excluding carboxylic acids is 2. The standard InChI is InChI=1S/C17H23BrN2O3/c1-23-15-7-5-13(12-14(15)18)6-8-16(21)19-9-3-11-20-10-2-4-17(20)22/h5,7,12H,2-4,6,8-11H2,1H3,(H,19,21). The van der Waals surface area contributed by atoms with Gasteiger partial charge in [-0.3, -0.25) is 9.59 Å². The molecule has 1 aromatic rings. The molecule has 23 heavy (non-hydrogen) atoms. The van der Waals surface area contributed by atoms with Crippen LogP contribution < -0.4 is 10.1 Å². The van der Waals surface area contributed by atoms with E-state index in [-0.39, 0.29) is 11.8 Å². The number of benzene rings is 1. The largest absolute Gasteiger partial charge is 0.496 e. The fourth-order valence-corrected chi connectivity index (χ4v) is 3.24. The van der Waals surface area contributed by atoms with Crippen molar-refractivity contribution in [2.24, 2.45) is 0 Å². The van der Waals surface area contributed by atoms with Gasteiger partial charge in [0.2, 0.25) is 11.8 Å². The molecular weight excluding hydrogens is 360 g/mol. The molecule has 1 fully saturated rings. The molecule has 1 aliphatic heterocycles. The van der Waals surface area contributed by atoms with Crippen LogP contribution in [0, 0.1) is 0 Å². The Bertz CT molecular complexity index is 563. The summed E-state index contributed by atoms with van der Waals surface area (Å²) < 4.78 is 6.08. The van der Waals surface area contributed by atoms with E-state index >= 15 is 0 Å². The molecule has 1 heterocycles. The van der Waals surface area contributed by atoms with Gasteiger partial charge in [0, 0.05) is 32.5 Å². The zero-order valence-electron chi connectivity index (χ0n) is 13.4. The van der Waals surface area contributed by atoms with Crippen LogP contribution >= 0.6 is 15.9 Å². The summed E-state index contributed by atoms with van der Waals surface area (Å²) in [5.41, 5.74) is 1.09. The maximum Gasteiger partial charge on any atom is 0.222 e. The minimum Gasteiger partial charge on any atom is -0.496 e. The van der Waals surface area contributed by atoms with Crippen LogP contribution in [-0.2, 0) is 16.0 Å². The monoisotopic (exact) mass is 382 g/mol. The molecular formula is C17H23BrN2O3. The second-order valence-electron chi connectivity index (χ2n) is 5.66. The Morgan fingerprint density at radius 3 is 2.91 bits per heavy atom.